The Hall–Kier alpha value is -3.63. The van der Waals surface area contributed by atoms with Crippen LogP contribution >= 0.6 is 0 Å². The van der Waals surface area contributed by atoms with Gasteiger partial charge in [-0.25, -0.2) is 9.78 Å². The first kappa shape index (κ1) is 22.6. The van der Waals surface area contributed by atoms with E-state index in [9.17, 15) is 22.8 Å². The van der Waals surface area contributed by atoms with Gasteiger partial charge in [-0.15, -0.1) is 0 Å². The molecule has 1 aliphatic rings. The van der Waals surface area contributed by atoms with Gasteiger partial charge in [0.05, 0.1) is 12.0 Å². The molecule has 0 unspecified atom stereocenters. The van der Waals surface area contributed by atoms with Crippen LogP contribution in [0.15, 0.2) is 41.1 Å². The first-order valence-corrected chi connectivity index (χ1v) is 10.5. The van der Waals surface area contributed by atoms with Crippen molar-refractivity contribution in [1.29, 1.82) is 0 Å². The first-order chi connectivity index (χ1) is 15.8. The van der Waals surface area contributed by atoms with Crippen molar-refractivity contribution in [3.05, 3.63) is 47.8 Å². The van der Waals surface area contributed by atoms with Gasteiger partial charge in [0, 0.05) is 18.3 Å². The maximum atomic E-state index is 13.1. The Balaban J connectivity index is 1.41. The molecule has 33 heavy (non-hydrogen) atoms. The lowest BCUT2D eigenvalue weighted by molar-refractivity contribution is -0.141. The van der Waals surface area contributed by atoms with Crippen LogP contribution in [0, 0.1) is 0 Å². The van der Waals surface area contributed by atoms with Crippen LogP contribution in [0.5, 0.6) is 5.75 Å². The Labute approximate surface area is 186 Å². The predicted molar refractivity (Wildman–Crippen MR) is 112 cm³/mol. The lowest BCUT2D eigenvalue weighted by Gasteiger charge is -2.17. The van der Waals surface area contributed by atoms with Crippen molar-refractivity contribution in [3.8, 4) is 5.75 Å². The topological polar surface area (TPSA) is 88.8 Å². The largest absolute Gasteiger partial charge is 0.493 e. The van der Waals surface area contributed by atoms with E-state index < -0.39 is 17.9 Å². The number of anilines is 1. The number of pyridine rings is 1. The number of amides is 3. The number of imide groups is 1. The molecule has 1 saturated heterocycles. The van der Waals surface area contributed by atoms with Crippen molar-refractivity contribution in [1.82, 2.24) is 15.0 Å². The fourth-order valence-electron chi connectivity index (χ4n) is 3.73. The molecule has 0 saturated carbocycles. The van der Waals surface area contributed by atoms with Gasteiger partial charge < -0.3 is 9.26 Å². The van der Waals surface area contributed by atoms with Crippen LogP contribution in [0.25, 0.3) is 11.0 Å². The molecule has 0 atom stereocenters. The highest BCUT2D eigenvalue weighted by Gasteiger charge is 2.38. The monoisotopic (exact) mass is 462 g/mol. The van der Waals surface area contributed by atoms with Crippen LogP contribution in [0.2, 0.25) is 0 Å². The summed E-state index contributed by atoms with van der Waals surface area (Å²) < 4.78 is 50.2. The number of aryl methyl sites for hydroxylation is 1. The molecule has 1 aliphatic heterocycles. The van der Waals surface area contributed by atoms with Crippen molar-refractivity contribution in [2.45, 2.75) is 32.4 Å². The van der Waals surface area contributed by atoms with E-state index in [4.69, 9.17) is 9.26 Å². The fraction of sp³-hybridized carbons (Fsp3) is 0.364. The molecule has 0 N–H and O–H groups in total. The van der Waals surface area contributed by atoms with Gasteiger partial charge in [0.25, 0.3) is 5.91 Å². The lowest BCUT2D eigenvalue weighted by atomic mass is 10.0. The minimum absolute atomic E-state index is 0.0533. The summed E-state index contributed by atoms with van der Waals surface area (Å²) in [5, 5.41) is 3.09. The number of ether oxygens (including phenoxy) is 1. The number of alkyl halides is 3. The summed E-state index contributed by atoms with van der Waals surface area (Å²) in [5.41, 5.74) is -0.504. The second-order valence-corrected chi connectivity index (χ2v) is 7.50. The molecule has 1 aromatic carbocycles. The minimum atomic E-state index is -4.62. The summed E-state index contributed by atoms with van der Waals surface area (Å²) in [5.74, 6) is 0.459. The van der Waals surface area contributed by atoms with Crippen LogP contribution in [0.4, 0.5) is 23.8 Å². The average Bonchev–Trinajstić information content (AvgIpc) is 3.35. The van der Waals surface area contributed by atoms with E-state index in [0.717, 1.165) is 4.90 Å². The summed E-state index contributed by atoms with van der Waals surface area (Å²) in [4.78, 5) is 31.4. The molecule has 0 bridgehead atoms. The number of benzene rings is 1. The maximum absolute atomic E-state index is 13.1. The van der Waals surface area contributed by atoms with Crippen molar-refractivity contribution in [2.24, 2.45) is 0 Å². The van der Waals surface area contributed by atoms with Crippen LogP contribution in [0.3, 0.4) is 0 Å². The Kier molecular flexibility index (Phi) is 6.21. The van der Waals surface area contributed by atoms with Crippen LogP contribution < -0.4 is 9.64 Å². The van der Waals surface area contributed by atoms with Crippen LogP contribution in [-0.4, -0.2) is 46.7 Å². The smallest absolute Gasteiger partial charge is 0.437 e. The highest BCUT2D eigenvalue weighted by molar-refractivity contribution is 6.11. The standard InChI is InChI=1S/C22H21F3N4O4/c1-2-6-14-16(9-8-15-19(14)33-27-20(15)22(23,24)25)32-12-5-11-28-18(30)13-29(21(28)31)17-7-3-4-10-26-17/h3-4,7-10H,2,5-6,11-13H2,1H3. The summed E-state index contributed by atoms with van der Waals surface area (Å²) in [6.07, 6.45) is -1.62. The van der Waals surface area contributed by atoms with E-state index in [2.05, 4.69) is 10.1 Å². The quantitative estimate of drug-likeness (QED) is 0.364. The summed E-state index contributed by atoms with van der Waals surface area (Å²) in [6.45, 7) is 2.11. The number of aromatic nitrogens is 2. The van der Waals surface area contributed by atoms with Crippen molar-refractivity contribution in [3.63, 3.8) is 0 Å². The third-order valence-corrected chi connectivity index (χ3v) is 5.24. The molecule has 0 aliphatic carbocycles. The molecule has 0 radical (unpaired) electrons. The molecular weight excluding hydrogens is 441 g/mol. The number of nitrogens with zero attached hydrogens (tertiary/aromatic N) is 4. The summed E-state index contributed by atoms with van der Waals surface area (Å²) in [7, 11) is 0. The van der Waals surface area contributed by atoms with E-state index >= 15 is 0 Å². The normalized spacial score (nSPS) is 14.5. The highest BCUT2D eigenvalue weighted by Crippen LogP contribution is 2.38. The SMILES string of the molecule is CCCc1c(OCCCN2C(=O)CN(c3ccccn3)C2=O)ccc2c(C(F)(F)F)noc12. The van der Waals surface area contributed by atoms with Gasteiger partial charge in [0.1, 0.15) is 18.1 Å². The molecule has 1 fully saturated rings. The van der Waals surface area contributed by atoms with E-state index in [1.807, 2.05) is 6.92 Å². The third kappa shape index (κ3) is 4.48. The fourth-order valence-corrected chi connectivity index (χ4v) is 3.73. The van der Waals surface area contributed by atoms with Crippen LogP contribution in [0.1, 0.15) is 31.0 Å². The van der Waals surface area contributed by atoms with Gasteiger partial charge in [0.2, 0.25) is 0 Å². The zero-order valence-corrected chi connectivity index (χ0v) is 17.8. The summed E-state index contributed by atoms with van der Waals surface area (Å²) >= 11 is 0. The van der Waals surface area contributed by atoms with Crippen LogP contribution in [-0.2, 0) is 17.4 Å². The average molecular weight is 462 g/mol. The Morgan fingerprint density at radius 1 is 1.18 bits per heavy atom. The number of urea groups is 1. The maximum Gasteiger partial charge on any atom is 0.437 e. The molecule has 11 heteroatoms. The molecule has 2 aromatic heterocycles. The van der Waals surface area contributed by atoms with E-state index in [-0.39, 0.29) is 36.6 Å². The van der Waals surface area contributed by atoms with Crippen molar-refractivity contribution >= 4 is 28.7 Å². The molecule has 8 nitrogen and oxygen atoms in total. The zero-order valence-electron chi connectivity index (χ0n) is 17.8. The van der Waals surface area contributed by atoms with E-state index in [0.29, 0.717) is 36.4 Å². The molecule has 0 spiro atoms. The second-order valence-electron chi connectivity index (χ2n) is 7.50. The second kappa shape index (κ2) is 9.08. The van der Waals surface area contributed by atoms with E-state index in [1.165, 1.54) is 17.0 Å². The first-order valence-electron chi connectivity index (χ1n) is 10.5. The highest BCUT2D eigenvalue weighted by atomic mass is 19.4. The molecule has 3 amide bonds. The van der Waals surface area contributed by atoms with Gasteiger partial charge in [-0.3, -0.25) is 14.6 Å². The number of rotatable bonds is 8. The Morgan fingerprint density at radius 3 is 2.70 bits per heavy atom. The third-order valence-electron chi connectivity index (χ3n) is 5.24. The molecule has 4 rings (SSSR count). The number of fused-ring (bicyclic) bond motifs is 1. The van der Waals surface area contributed by atoms with Crippen molar-refractivity contribution < 1.29 is 32.0 Å². The molecule has 174 valence electrons. The number of carbonyl (C=O) groups is 2. The van der Waals surface area contributed by atoms with Gasteiger partial charge >= 0.3 is 12.2 Å². The number of carbonyl (C=O) groups excluding carboxylic acids is 2. The Bertz CT molecular complexity index is 1160. The van der Waals surface area contributed by atoms with E-state index in [1.54, 1.807) is 24.4 Å². The Morgan fingerprint density at radius 2 is 2.00 bits per heavy atom. The number of hydrogen-bond acceptors (Lipinski definition) is 6. The summed E-state index contributed by atoms with van der Waals surface area (Å²) in [6, 6.07) is 7.39. The number of hydrogen-bond donors (Lipinski definition) is 0. The lowest BCUT2D eigenvalue weighted by Crippen LogP contribution is -2.34. The molecule has 3 aromatic rings. The van der Waals surface area contributed by atoms with Gasteiger partial charge in [-0.2, -0.15) is 13.2 Å². The molecular formula is C22H21F3N4O4. The number of halogens is 3. The van der Waals surface area contributed by atoms with Crippen molar-refractivity contribution in [2.75, 3.05) is 24.6 Å². The van der Waals surface area contributed by atoms with Gasteiger partial charge in [-0.1, -0.05) is 24.6 Å². The molecule has 3 heterocycles. The predicted octanol–water partition coefficient (Wildman–Crippen LogP) is 4.43. The zero-order chi connectivity index (χ0) is 23.6. The van der Waals surface area contributed by atoms with Gasteiger partial charge in [0.15, 0.2) is 11.3 Å². The minimum Gasteiger partial charge on any atom is -0.493 e. The van der Waals surface area contributed by atoms with Gasteiger partial charge in [-0.05, 0) is 37.1 Å².